The average molecular weight is 299 g/mol. The van der Waals surface area contributed by atoms with Crippen LogP contribution in [0.4, 0.5) is 10.5 Å². The van der Waals surface area contributed by atoms with E-state index in [2.05, 4.69) is 5.32 Å². The Balaban J connectivity index is 2.73. The minimum absolute atomic E-state index is 0.146. The Morgan fingerprint density at radius 1 is 1.45 bits per heavy atom. The Kier molecular flexibility index (Phi) is 5.84. The maximum absolute atomic E-state index is 11.7. The van der Waals surface area contributed by atoms with E-state index in [1.807, 2.05) is 39.8 Å². The number of nitrogens with two attached hydrogens (primary N) is 1. The fraction of sp³-hybridized carbons (Fsp3) is 0.533. The van der Waals surface area contributed by atoms with Crippen LogP contribution in [0.3, 0.4) is 0 Å². The smallest absolute Gasteiger partial charge is 0.412 e. The first-order valence-corrected chi connectivity index (χ1v) is 7.09. The number of benzene rings is 1. The van der Waals surface area contributed by atoms with Crippen LogP contribution in [0.1, 0.15) is 39.7 Å². The van der Waals surface area contributed by atoms with E-state index in [1.54, 1.807) is 6.07 Å². The van der Waals surface area contributed by atoms with Crippen LogP contribution in [0.15, 0.2) is 18.2 Å². The molecule has 0 heterocycles. The molecule has 5 heteroatoms. The van der Waals surface area contributed by atoms with Crippen molar-refractivity contribution in [1.29, 1.82) is 0 Å². The lowest BCUT2D eigenvalue weighted by atomic mass is 10.1. The average Bonchev–Trinajstić information content (AvgIpc) is 2.27. The molecule has 0 aliphatic rings. The van der Waals surface area contributed by atoms with Gasteiger partial charge in [0.05, 0.1) is 10.7 Å². The van der Waals surface area contributed by atoms with E-state index in [4.69, 9.17) is 22.1 Å². The third-order valence-corrected chi connectivity index (χ3v) is 2.88. The number of anilines is 1. The summed E-state index contributed by atoms with van der Waals surface area (Å²) in [4.78, 5) is 11.7. The minimum Gasteiger partial charge on any atom is -0.444 e. The van der Waals surface area contributed by atoms with Gasteiger partial charge in [0.1, 0.15) is 5.60 Å². The van der Waals surface area contributed by atoms with Crippen molar-refractivity contribution in [3.63, 3.8) is 0 Å². The van der Waals surface area contributed by atoms with E-state index in [-0.39, 0.29) is 6.04 Å². The van der Waals surface area contributed by atoms with E-state index in [9.17, 15) is 4.79 Å². The maximum atomic E-state index is 11.7. The number of nitrogens with one attached hydrogen (secondary N) is 1. The van der Waals surface area contributed by atoms with E-state index in [0.29, 0.717) is 10.7 Å². The van der Waals surface area contributed by atoms with Gasteiger partial charge in [-0.3, -0.25) is 5.32 Å². The van der Waals surface area contributed by atoms with Gasteiger partial charge < -0.3 is 10.5 Å². The summed E-state index contributed by atoms with van der Waals surface area (Å²) >= 11 is 6.08. The molecule has 0 aliphatic heterocycles. The van der Waals surface area contributed by atoms with Crippen LogP contribution in [0.2, 0.25) is 5.02 Å². The van der Waals surface area contributed by atoms with Crippen LogP contribution < -0.4 is 11.1 Å². The summed E-state index contributed by atoms with van der Waals surface area (Å²) in [5.74, 6) is 0. The van der Waals surface area contributed by atoms with Gasteiger partial charge in [0.25, 0.3) is 0 Å². The van der Waals surface area contributed by atoms with Crippen LogP contribution >= 0.6 is 11.6 Å². The SMILES string of the molecule is C[C@@H](N)CCc1ccc(Cl)c(NC(=O)OC(C)(C)C)c1. The molecular formula is C15H23ClN2O2. The Morgan fingerprint density at radius 2 is 2.10 bits per heavy atom. The molecule has 0 saturated carbocycles. The summed E-state index contributed by atoms with van der Waals surface area (Å²) in [6, 6.07) is 5.71. The van der Waals surface area contributed by atoms with Crippen molar-refractivity contribution < 1.29 is 9.53 Å². The first-order chi connectivity index (χ1) is 9.17. The number of hydrogen-bond donors (Lipinski definition) is 2. The number of rotatable bonds is 4. The zero-order chi connectivity index (χ0) is 15.3. The highest BCUT2D eigenvalue weighted by Crippen LogP contribution is 2.24. The second kappa shape index (κ2) is 6.95. The molecule has 1 amide bonds. The number of halogens is 1. The molecule has 112 valence electrons. The normalized spacial score (nSPS) is 12.9. The van der Waals surface area contributed by atoms with Crippen molar-refractivity contribution in [3.8, 4) is 0 Å². The van der Waals surface area contributed by atoms with Crippen LogP contribution in [0.5, 0.6) is 0 Å². The molecule has 0 aromatic heterocycles. The third-order valence-electron chi connectivity index (χ3n) is 2.55. The van der Waals surface area contributed by atoms with Gasteiger partial charge in [0.15, 0.2) is 0 Å². The van der Waals surface area contributed by atoms with Gasteiger partial charge in [-0.15, -0.1) is 0 Å². The van der Waals surface area contributed by atoms with Crippen molar-refractivity contribution in [2.24, 2.45) is 5.73 Å². The Labute approximate surface area is 125 Å². The number of carbonyl (C=O) groups is 1. The van der Waals surface area contributed by atoms with Crippen molar-refractivity contribution in [2.45, 2.75) is 52.2 Å². The molecule has 1 rings (SSSR count). The third kappa shape index (κ3) is 6.26. The minimum atomic E-state index is -0.539. The second-order valence-electron chi connectivity index (χ2n) is 5.96. The summed E-state index contributed by atoms with van der Waals surface area (Å²) in [5.41, 5.74) is 6.84. The maximum Gasteiger partial charge on any atom is 0.412 e. The molecule has 4 nitrogen and oxygen atoms in total. The summed E-state index contributed by atoms with van der Waals surface area (Å²) < 4.78 is 5.21. The largest absolute Gasteiger partial charge is 0.444 e. The molecule has 1 aromatic rings. The Hall–Kier alpha value is -1.26. The predicted molar refractivity (Wildman–Crippen MR) is 83.3 cm³/mol. The molecule has 0 bridgehead atoms. The van der Waals surface area contributed by atoms with E-state index in [0.717, 1.165) is 18.4 Å². The lowest BCUT2D eigenvalue weighted by molar-refractivity contribution is 0.0636. The lowest BCUT2D eigenvalue weighted by Crippen LogP contribution is -2.27. The van der Waals surface area contributed by atoms with Gasteiger partial charge in [0, 0.05) is 6.04 Å². The molecular weight excluding hydrogens is 276 g/mol. The summed E-state index contributed by atoms with van der Waals surface area (Å²) in [6.45, 7) is 7.41. The zero-order valence-electron chi connectivity index (χ0n) is 12.5. The van der Waals surface area contributed by atoms with Crippen LogP contribution in [0.25, 0.3) is 0 Å². The van der Waals surface area contributed by atoms with E-state index in [1.165, 1.54) is 0 Å². The fourth-order valence-corrected chi connectivity index (χ4v) is 1.80. The van der Waals surface area contributed by atoms with Gasteiger partial charge in [-0.05, 0) is 58.2 Å². The zero-order valence-corrected chi connectivity index (χ0v) is 13.3. The summed E-state index contributed by atoms with van der Waals surface area (Å²) in [6.07, 6.45) is 1.22. The van der Waals surface area contributed by atoms with Gasteiger partial charge in [-0.2, -0.15) is 0 Å². The molecule has 20 heavy (non-hydrogen) atoms. The first-order valence-electron chi connectivity index (χ1n) is 6.71. The van der Waals surface area contributed by atoms with Crippen LogP contribution in [-0.2, 0) is 11.2 Å². The van der Waals surface area contributed by atoms with Crippen molar-refractivity contribution >= 4 is 23.4 Å². The molecule has 1 atom stereocenters. The number of amides is 1. The van der Waals surface area contributed by atoms with Crippen molar-refractivity contribution in [3.05, 3.63) is 28.8 Å². The topological polar surface area (TPSA) is 64.3 Å². The highest BCUT2D eigenvalue weighted by atomic mass is 35.5. The van der Waals surface area contributed by atoms with Gasteiger partial charge in [-0.1, -0.05) is 17.7 Å². The highest BCUT2D eigenvalue weighted by Gasteiger charge is 2.17. The van der Waals surface area contributed by atoms with Gasteiger partial charge in [0.2, 0.25) is 0 Å². The second-order valence-corrected chi connectivity index (χ2v) is 6.36. The molecule has 0 fully saturated rings. The summed E-state index contributed by atoms with van der Waals surface area (Å²) in [7, 11) is 0. The quantitative estimate of drug-likeness (QED) is 0.884. The Morgan fingerprint density at radius 3 is 2.65 bits per heavy atom. The van der Waals surface area contributed by atoms with Crippen molar-refractivity contribution in [1.82, 2.24) is 0 Å². The fourth-order valence-electron chi connectivity index (χ4n) is 1.63. The van der Waals surface area contributed by atoms with E-state index < -0.39 is 11.7 Å². The molecule has 0 unspecified atom stereocenters. The molecule has 0 radical (unpaired) electrons. The molecule has 0 aliphatic carbocycles. The van der Waals surface area contributed by atoms with Crippen molar-refractivity contribution in [2.75, 3.05) is 5.32 Å². The molecule has 3 N–H and O–H groups in total. The monoisotopic (exact) mass is 298 g/mol. The van der Waals surface area contributed by atoms with Gasteiger partial charge >= 0.3 is 6.09 Å². The number of carbonyl (C=O) groups excluding carboxylic acids is 1. The molecule has 0 spiro atoms. The number of ether oxygens (including phenoxy) is 1. The summed E-state index contributed by atoms with van der Waals surface area (Å²) in [5, 5.41) is 3.16. The molecule has 0 saturated heterocycles. The predicted octanol–water partition coefficient (Wildman–Crippen LogP) is 3.97. The standard InChI is InChI=1S/C15H23ClN2O2/c1-10(17)5-6-11-7-8-12(16)13(9-11)18-14(19)20-15(2,3)4/h7-10H,5-6,17H2,1-4H3,(H,18,19)/t10-/m1/s1. The van der Waals surface area contributed by atoms with Crippen LogP contribution in [-0.4, -0.2) is 17.7 Å². The molecule has 1 aromatic carbocycles. The lowest BCUT2D eigenvalue weighted by Gasteiger charge is -2.20. The highest BCUT2D eigenvalue weighted by molar-refractivity contribution is 6.33. The van der Waals surface area contributed by atoms with E-state index >= 15 is 0 Å². The van der Waals surface area contributed by atoms with Gasteiger partial charge in [-0.25, -0.2) is 4.79 Å². The number of hydrogen-bond acceptors (Lipinski definition) is 3. The first kappa shape index (κ1) is 16.8. The Bertz CT molecular complexity index is 467. The van der Waals surface area contributed by atoms with Crippen LogP contribution in [0, 0.1) is 0 Å². The number of aryl methyl sites for hydroxylation is 1.